The first-order chi connectivity index (χ1) is 13.3. The molecule has 1 aliphatic heterocycles. The Morgan fingerprint density at radius 1 is 0.893 bits per heavy atom. The first-order valence-corrected chi connectivity index (χ1v) is 10.9. The Morgan fingerprint density at radius 3 is 2.04 bits per heavy atom. The van der Waals surface area contributed by atoms with Gasteiger partial charge in [-0.1, -0.05) is 30.3 Å². The molecule has 2 aromatic carbocycles. The normalized spacial score (nSPS) is 14.6. The van der Waals surface area contributed by atoms with Crippen molar-refractivity contribution in [3.63, 3.8) is 0 Å². The summed E-state index contributed by atoms with van der Waals surface area (Å²) in [6, 6.07) is 15.9. The zero-order valence-corrected chi connectivity index (χ0v) is 16.5. The van der Waals surface area contributed by atoms with Gasteiger partial charge in [-0.2, -0.15) is 0 Å². The highest BCUT2D eigenvalue weighted by atomic mass is 32.2. The van der Waals surface area contributed by atoms with Crippen molar-refractivity contribution in [2.24, 2.45) is 0 Å². The number of carbonyl (C=O) groups excluding carboxylic acids is 2. The van der Waals surface area contributed by atoms with Gasteiger partial charge in [0.25, 0.3) is 5.91 Å². The largest absolute Gasteiger partial charge is 0.339 e. The van der Waals surface area contributed by atoms with Crippen LogP contribution in [-0.4, -0.2) is 62.5 Å². The molecule has 2 amide bonds. The zero-order valence-electron chi connectivity index (χ0n) is 15.7. The van der Waals surface area contributed by atoms with Crippen LogP contribution in [0, 0.1) is 0 Å². The van der Waals surface area contributed by atoms with Gasteiger partial charge in [0.15, 0.2) is 0 Å². The summed E-state index contributed by atoms with van der Waals surface area (Å²) in [5, 5.41) is 0. The van der Waals surface area contributed by atoms with E-state index in [1.54, 1.807) is 34.1 Å². The number of nitrogens with one attached hydrogen (secondary N) is 1. The van der Waals surface area contributed by atoms with E-state index in [1.807, 2.05) is 30.3 Å². The molecule has 0 spiro atoms. The molecule has 148 valence electrons. The molecule has 28 heavy (non-hydrogen) atoms. The number of hydrogen-bond acceptors (Lipinski definition) is 4. The topological polar surface area (TPSA) is 86.8 Å². The number of nitrogens with zero attached hydrogens (tertiary/aromatic N) is 2. The molecule has 3 rings (SSSR count). The lowest BCUT2D eigenvalue weighted by atomic mass is 10.1. The second kappa shape index (κ2) is 8.43. The predicted octanol–water partition coefficient (Wildman–Crippen LogP) is 1.59. The van der Waals surface area contributed by atoms with Crippen LogP contribution in [-0.2, 0) is 21.2 Å². The molecule has 1 heterocycles. The molecule has 1 saturated heterocycles. The third kappa shape index (κ3) is 5.32. The minimum atomic E-state index is -3.35. The highest BCUT2D eigenvalue weighted by Gasteiger charge is 2.24. The summed E-state index contributed by atoms with van der Waals surface area (Å²) in [5.74, 6) is -0.0597. The van der Waals surface area contributed by atoms with Crippen LogP contribution in [0.4, 0.5) is 5.69 Å². The number of sulfonamides is 1. The molecule has 0 aliphatic carbocycles. The quantitative estimate of drug-likeness (QED) is 0.824. The van der Waals surface area contributed by atoms with Crippen LogP contribution in [0.5, 0.6) is 0 Å². The summed E-state index contributed by atoms with van der Waals surface area (Å²) in [6.07, 6.45) is 1.44. The van der Waals surface area contributed by atoms with Crippen LogP contribution in [0.2, 0.25) is 0 Å². The Balaban J connectivity index is 1.54. The number of benzene rings is 2. The van der Waals surface area contributed by atoms with Gasteiger partial charge >= 0.3 is 0 Å². The highest BCUT2D eigenvalue weighted by Crippen LogP contribution is 2.14. The average molecular weight is 401 g/mol. The van der Waals surface area contributed by atoms with Crippen molar-refractivity contribution >= 4 is 27.5 Å². The zero-order chi connectivity index (χ0) is 20.1. The number of carbonyl (C=O) groups is 2. The molecular formula is C20H23N3O4S. The maximum Gasteiger partial charge on any atom is 0.253 e. The lowest BCUT2D eigenvalue weighted by Gasteiger charge is -2.35. The van der Waals surface area contributed by atoms with Crippen molar-refractivity contribution in [1.82, 2.24) is 9.80 Å². The number of hydrogen-bond donors (Lipinski definition) is 1. The molecule has 1 N–H and O–H groups in total. The van der Waals surface area contributed by atoms with Gasteiger partial charge in [0.1, 0.15) is 0 Å². The van der Waals surface area contributed by atoms with E-state index in [0.29, 0.717) is 43.9 Å². The molecule has 0 saturated carbocycles. The number of rotatable bonds is 5. The van der Waals surface area contributed by atoms with E-state index in [0.717, 1.165) is 11.8 Å². The van der Waals surface area contributed by atoms with Crippen LogP contribution >= 0.6 is 0 Å². The molecule has 0 bridgehead atoms. The van der Waals surface area contributed by atoms with E-state index in [9.17, 15) is 18.0 Å². The Morgan fingerprint density at radius 2 is 1.46 bits per heavy atom. The van der Waals surface area contributed by atoms with Crippen LogP contribution in [0.3, 0.4) is 0 Å². The van der Waals surface area contributed by atoms with E-state index in [-0.39, 0.29) is 11.8 Å². The van der Waals surface area contributed by atoms with Gasteiger partial charge in [0, 0.05) is 37.4 Å². The molecule has 7 nitrogen and oxygen atoms in total. The summed E-state index contributed by atoms with van der Waals surface area (Å²) >= 11 is 0. The van der Waals surface area contributed by atoms with Crippen molar-refractivity contribution in [3.05, 3.63) is 65.7 Å². The van der Waals surface area contributed by atoms with E-state index >= 15 is 0 Å². The van der Waals surface area contributed by atoms with Gasteiger partial charge in [-0.05, 0) is 29.8 Å². The fraction of sp³-hybridized carbons (Fsp3) is 0.300. The SMILES string of the molecule is CS(=O)(=O)Nc1ccc(C(=O)N2CCN(C(=O)Cc3ccccc3)CC2)cc1. The van der Waals surface area contributed by atoms with Crippen molar-refractivity contribution < 1.29 is 18.0 Å². The Hall–Kier alpha value is -2.87. The van der Waals surface area contributed by atoms with Gasteiger partial charge in [-0.15, -0.1) is 0 Å². The number of amides is 2. The molecule has 2 aromatic rings. The molecule has 8 heteroatoms. The van der Waals surface area contributed by atoms with E-state index in [2.05, 4.69) is 4.72 Å². The third-order valence-corrected chi connectivity index (χ3v) is 5.16. The van der Waals surface area contributed by atoms with Crippen molar-refractivity contribution in [2.45, 2.75) is 6.42 Å². The Kier molecular flexibility index (Phi) is 5.99. The Bertz CT molecular complexity index is 935. The van der Waals surface area contributed by atoms with Crippen LogP contribution in [0.25, 0.3) is 0 Å². The number of anilines is 1. The maximum atomic E-state index is 12.6. The first-order valence-electron chi connectivity index (χ1n) is 9.01. The summed E-state index contributed by atoms with van der Waals surface area (Å²) in [4.78, 5) is 28.6. The average Bonchev–Trinajstić information content (AvgIpc) is 2.68. The predicted molar refractivity (Wildman–Crippen MR) is 108 cm³/mol. The molecule has 1 fully saturated rings. The maximum absolute atomic E-state index is 12.6. The van der Waals surface area contributed by atoms with Gasteiger partial charge in [-0.25, -0.2) is 8.42 Å². The second-order valence-corrected chi connectivity index (χ2v) is 8.54. The monoisotopic (exact) mass is 401 g/mol. The molecule has 0 unspecified atom stereocenters. The van der Waals surface area contributed by atoms with Crippen LogP contribution in [0.1, 0.15) is 15.9 Å². The lowest BCUT2D eigenvalue weighted by molar-refractivity contribution is -0.131. The fourth-order valence-electron chi connectivity index (χ4n) is 3.12. The molecule has 0 atom stereocenters. The van der Waals surface area contributed by atoms with Crippen molar-refractivity contribution in [2.75, 3.05) is 37.2 Å². The number of piperazine rings is 1. The molecule has 0 aromatic heterocycles. The Labute approximate surface area is 165 Å². The minimum Gasteiger partial charge on any atom is -0.339 e. The van der Waals surface area contributed by atoms with Crippen molar-refractivity contribution in [1.29, 1.82) is 0 Å². The van der Waals surface area contributed by atoms with Gasteiger partial charge in [0.2, 0.25) is 15.9 Å². The van der Waals surface area contributed by atoms with Crippen LogP contribution in [0.15, 0.2) is 54.6 Å². The minimum absolute atomic E-state index is 0.0644. The van der Waals surface area contributed by atoms with E-state index in [1.165, 1.54) is 0 Å². The van der Waals surface area contributed by atoms with Gasteiger partial charge in [0.05, 0.1) is 12.7 Å². The smallest absolute Gasteiger partial charge is 0.253 e. The fourth-order valence-corrected chi connectivity index (χ4v) is 3.68. The molecule has 1 aliphatic rings. The second-order valence-electron chi connectivity index (χ2n) is 6.79. The summed E-state index contributed by atoms with van der Waals surface area (Å²) in [5.41, 5.74) is 1.88. The summed E-state index contributed by atoms with van der Waals surface area (Å²) in [7, 11) is -3.35. The summed E-state index contributed by atoms with van der Waals surface area (Å²) in [6.45, 7) is 1.96. The van der Waals surface area contributed by atoms with E-state index < -0.39 is 10.0 Å². The first kappa shape index (κ1) is 19.9. The molecule has 0 radical (unpaired) electrons. The molecular weight excluding hydrogens is 378 g/mol. The van der Waals surface area contributed by atoms with E-state index in [4.69, 9.17) is 0 Å². The summed E-state index contributed by atoms with van der Waals surface area (Å²) < 4.78 is 24.9. The van der Waals surface area contributed by atoms with Gasteiger partial charge < -0.3 is 9.80 Å². The lowest BCUT2D eigenvalue weighted by Crippen LogP contribution is -2.51. The standard InChI is InChI=1S/C20H23N3O4S/c1-28(26,27)21-18-9-7-17(8-10-18)20(25)23-13-11-22(12-14-23)19(24)15-16-5-3-2-4-6-16/h2-10,21H,11-15H2,1H3. The van der Waals surface area contributed by atoms with Gasteiger partial charge in [-0.3, -0.25) is 14.3 Å². The van der Waals surface area contributed by atoms with Crippen molar-refractivity contribution in [3.8, 4) is 0 Å². The van der Waals surface area contributed by atoms with Crippen LogP contribution < -0.4 is 4.72 Å². The third-order valence-electron chi connectivity index (χ3n) is 4.55. The highest BCUT2D eigenvalue weighted by molar-refractivity contribution is 7.92.